The van der Waals surface area contributed by atoms with Crippen LogP contribution in [0.2, 0.25) is 0 Å². The summed E-state index contributed by atoms with van der Waals surface area (Å²) in [5, 5.41) is 3.32. The molecule has 1 aromatic carbocycles. The molecule has 1 aliphatic carbocycles. The second-order valence-corrected chi connectivity index (χ2v) is 3.21. The van der Waals surface area contributed by atoms with Crippen LogP contribution in [0.25, 0.3) is 0 Å². The minimum Gasteiger partial charge on any atom is -0.316 e. The highest BCUT2D eigenvalue weighted by atomic mass is 16.1. The topological polar surface area (TPSA) is 29.1 Å². The third kappa shape index (κ3) is 2.45. The van der Waals surface area contributed by atoms with Crippen molar-refractivity contribution in [3.05, 3.63) is 35.4 Å². The van der Waals surface area contributed by atoms with Crippen molar-refractivity contribution in [1.29, 1.82) is 0 Å². The number of fused-ring (bicyclic) bond motifs is 1. The summed E-state index contributed by atoms with van der Waals surface area (Å²) < 4.78 is 0. The van der Waals surface area contributed by atoms with Gasteiger partial charge < -0.3 is 10.1 Å². The molecule has 14 heavy (non-hydrogen) atoms. The maximum Gasteiger partial charge on any atom is 0.162 e. The summed E-state index contributed by atoms with van der Waals surface area (Å²) in [4.78, 5) is 8.58. The van der Waals surface area contributed by atoms with E-state index in [-0.39, 0.29) is 6.19 Å². The Hall–Kier alpha value is -1.09. The molecule has 0 saturated heterocycles. The smallest absolute Gasteiger partial charge is 0.162 e. The average Bonchev–Trinajstić information content (AvgIpc) is 2.62. The Bertz CT molecular complexity index is 301. The van der Waals surface area contributed by atoms with E-state index in [9.17, 15) is 0 Å². The maximum atomic E-state index is 8.58. The lowest BCUT2D eigenvalue weighted by atomic mass is 10.1. The van der Waals surface area contributed by atoms with Crippen LogP contribution in [-0.4, -0.2) is 21.1 Å². The fraction of sp³-hybridized carbons (Fsp3) is 0.364. The van der Waals surface area contributed by atoms with Crippen molar-refractivity contribution in [3.8, 4) is 0 Å². The molecule has 0 saturated carbocycles. The van der Waals surface area contributed by atoms with Gasteiger partial charge in [0.25, 0.3) is 0 Å². The van der Waals surface area contributed by atoms with E-state index in [0.717, 1.165) is 0 Å². The van der Waals surface area contributed by atoms with Gasteiger partial charge in [-0.05, 0) is 31.0 Å². The summed E-state index contributed by atoms with van der Waals surface area (Å²) in [6.07, 6.45) is 2.75. The zero-order chi connectivity index (χ0) is 10.4. The second-order valence-electron chi connectivity index (χ2n) is 3.21. The van der Waals surface area contributed by atoms with E-state index in [1.807, 2.05) is 7.05 Å². The Labute approximate surface area is 86.1 Å². The minimum absolute atomic E-state index is 0.250. The number of nitrogens with one attached hydrogen (secondary N) is 1. The average molecular weight is 187 g/mol. The predicted octanol–water partition coefficient (Wildman–Crippen LogP) is 1.24. The van der Waals surface area contributed by atoms with Crippen LogP contribution in [0.1, 0.15) is 23.6 Å². The SMILES string of the molecule is CNC1CCc2ccccc21.[B]C=O. The van der Waals surface area contributed by atoms with Gasteiger partial charge in [-0.1, -0.05) is 24.3 Å². The van der Waals surface area contributed by atoms with Crippen molar-refractivity contribution in [2.45, 2.75) is 18.9 Å². The summed E-state index contributed by atoms with van der Waals surface area (Å²) in [6.45, 7) is 0. The van der Waals surface area contributed by atoms with Gasteiger partial charge in [0.15, 0.2) is 7.85 Å². The molecule has 2 rings (SSSR count). The van der Waals surface area contributed by atoms with Crippen molar-refractivity contribution >= 4 is 14.0 Å². The van der Waals surface area contributed by atoms with Crippen LogP contribution in [0, 0.1) is 0 Å². The highest BCUT2D eigenvalue weighted by Gasteiger charge is 2.19. The van der Waals surface area contributed by atoms with Crippen LogP contribution in [0.5, 0.6) is 0 Å². The number of hydrogen-bond donors (Lipinski definition) is 1. The normalized spacial score (nSPS) is 17.9. The van der Waals surface area contributed by atoms with Gasteiger partial charge in [0.1, 0.15) is 0 Å². The van der Waals surface area contributed by atoms with Gasteiger partial charge in [-0.2, -0.15) is 0 Å². The van der Waals surface area contributed by atoms with E-state index in [1.165, 1.54) is 24.0 Å². The van der Waals surface area contributed by atoms with E-state index in [0.29, 0.717) is 6.04 Å². The standard InChI is InChI=1S/C10H13N.CHBO/c1-11-10-7-6-8-4-2-3-5-9(8)10;2-1-3/h2-5,10-11H,6-7H2,1H3;1H. The molecule has 0 bridgehead atoms. The molecule has 0 aliphatic heterocycles. The molecular weight excluding hydrogens is 173 g/mol. The lowest BCUT2D eigenvalue weighted by Gasteiger charge is -2.08. The fourth-order valence-electron chi connectivity index (χ4n) is 1.86. The molecule has 2 radical (unpaired) electrons. The highest BCUT2D eigenvalue weighted by molar-refractivity contribution is 6.48. The molecule has 0 fully saturated rings. The molecule has 72 valence electrons. The molecule has 1 unspecified atom stereocenters. The molecule has 0 heterocycles. The highest BCUT2D eigenvalue weighted by Crippen LogP contribution is 2.29. The summed E-state index contributed by atoms with van der Waals surface area (Å²) in [7, 11) is 6.20. The number of carbonyl (C=O) groups is 1. The molecule has 1 aliphatic rings. The van der Waals surface area contributed by atoms with Crippen molar-refractivity contribution in [1.82, 2.24) is 5.32 Å². The first-order chi connectivity index (χ1) is 6.83. The van der Waals surface area contributed by atoms with E-state index < -0.39 is 0 Å². The fourth-order valence-corrected chi connectivity index (χ4v) is 1.86. The third-order valence-electron chi connectivity index (χ3n) is 2.48. The number of hydrogen-bond acceptors (Lipinski definition) is 2. The zero-order valence-corrected chi connectivity index (χ0v) is 8.36. The third-order valence-corrected chi connectivity index (χ3v) is 2.48. The van der Waals surface area contributed by atoms with Crippen molar-refractivity contribution < 1.29 is 4.79 Å². The number of aryl methyl sites for hydroxylation is 1. The second kappa shape index (κ2) is 5.60. The van der Waals surface area contributed by atoms with E-state index >= 15 is 0 Å². The Morgan fingerprint density at radius 3 is 2.79 bits per heavy atom. The lowest BCUT2D eigenvalue weighted by molar-refractivity contribution is 0.569. The molecule has 1 atom stereocenters. The Balaban J connectivity index is 0.000000293. The van der Waals surface area contributed by atoms with Crippen LogP contribution in [0.4, 0.5) is 0 Å². The molecule has 2 nitrogen and oxygen atoms in total. The van der Waals surface area contributed by atoms with Crippen LogP contribution >= 0.6 is 0 Å². The zero-order valence-electron chi connectivity index (χ0n) is 8.36. The Kier molecular flexibility index (Phi) is 4.40. The van der Waals surface area contributed by atoms with Crippen LogP contribution in [0.3, 0.4) is 0 Å². The monoisotopic (exact) mass is 187 g/mol. The van der Waals surface area contributed by atoms with Crippen molar-refractivity contribution in [3.63, 3.8) is 0 Å². The first kappa shape index (κ1) is 11.0. The van der Waals surface area contributed by atoms with Gasteiger partial charge in [0.05, 0.1) is 6.19 Å². The van der Waals surface area contributed by atoms with Gasteiger partial charge in [-0.25, -0.2) is 0 Å². The van der Waals surface area contributed by atoms with Gasteiger partial charge in [-0.15, -0.1) is 0 Å². The van der Waals surface area contributed by atoms with E-state index in [2.05, 4.69) is 37.4 Å². The summed E-state index contributed by atoms with van der Waals surface area (Å²) in [6, 6.07) is 9.30. The molecule has 0 amide bonds. The van der Waals surface area contributed by atoms with Gasteiger partial charge >= 0.3 is 0 Å². The molecule has 1 aromatic rings. The molecular formula is C11H14BNO. The first-order valence-electron chi connectivity index (χ1n) is 4.74. The Morgan fingerprint density at radius 1 is 1.50 bits per heavy atom. The van der Waals surface area contributed by atoms with Crippen molar-refractivity contribution in [2.24, 2.45) is 0 Å². The number of benzene rings is 1. The van der Waals surface area contributed by atoms with E-state index in [4.69, 9.17) is 4.79 Å². The van der Waals surface area contributed by atoms with Crippen LogP contribution in [0.15, 0.2) is 24.3 Å². The maximum absolute atomic E-state index is 8.58. The number of carbonyl (C=O) groups excluding carboxylic acids is 1. The lowest BCUT2D eigenvalue weighted by Crippen LogP contribution is -2.12. The molecule has 0 spiro atoms. The molecule has 1 N–H and O–H groups in total. The van der Waals surface area contributed by atoms with Crippen LogP contribution in [-0.2, 0) is 11.2 Å². The van der Waals surface area contributed by atoms with Crippen molar-refractivity contribution in [2.75, 3.05) is 7.05 Å². The summed E-state index contributed by atoms with van der Waals surface area (Å²) >= 11 is 0. The summed E-state index contributed by atoms with van der Waals surface area (Å²) in [5.74, 6) is 0. The van der Waals surface area contributed by atoms with E-state index in [1.54, 1.807) is 0 Å². The quantitative estimate of drug-likeness (QED) is 0.529. The molecule has 0 aromatic heterocycles. The largest absolute Gasteiger partial charge is 0.316 e. The van der Waals surface area contributed by atoms with Gasteiger partial charge in [0.2, 0.25) is 0 Å². The first-order valence-corrected chi connectivity index (χ1v) is 4.74. The van der Waals surface area contributed by atoms with Gasteiger partial charge in [0, 0.05) is 6.04 Å². The number of rotatable bonds is 1. The van der Waals surface area contributed by atoms with Gasteiger partial charge in [-0.3, -0.25) is 0 Å². The molecule has 3 heteroatoms. The van der Waals surface area contributed by atoms with Crippen LogP contribution < -0.4 is 5.32 Å². The summed E-state index contributed by atoms with van der Waals surface area (Å²) in [5.41, 5.74) is 3.02. The Morgan fingerprint density at radius 2 is 2.14 bits per heavy atom. The minimum atomic E-state index is 0.250. The predicted molar refractivity (Wildman–Crippen MR) is 59.1 cm³/mol.